The fourth-order valence-corrected chi connectivity index (χ4v) is 8.21. The number of carbonyl (C=O) groups excluding carboxylic acids is 6. The highest BCUT2D eigenvalue weighted by Crippen LogP contribution is 2.44. The number of rotatable bonds is 12. The normalized spacial score (nSPS) is 21.6. The summed E-state index contributed by atoms with van der Waals surface area (Å²) in [7, 11) is 0. The molecule has 0 saturated carbocycles. The third kappa shape index (κ3) is 9.35. The first-order valence-corrected chi connectivity index (χ1v) is 20.7. The second-order valence-corrected chi connectivity index (χ2v) is 15.8. The lowest BCUT2D eigenvalue weighted by Crippen LogP contribution is -2.65. The van der Waals surface area contributed by atoms with Gasteiger partial charge in [0.25, 0.3) is 0 Å². The quantitative estimate of drug-likeness (QED) is 0.102. The average molecular weight is 814 g/mol. The SMILES string of the molecule is CC[C@]1(C)NC(=O)[C@H](CCCCOC(=O)c2ccccc2)NC(=O)[C@H]2CCCN2C(=O)[C@H](Cc2ccc(NC(=O)OCC3c4ccccc4-c4ccccc43)cc2)NC1=O. The van der Waals surface area contributed by atoms with Gasteiger partial charge in [0.2, 0.25) is 23.6 Å². The zero-order valence-corrected chi connectivity index (χ0v) is 33.9. The zero-order valence-electron chi connectivity index (χ0n) is 33.9. The van der Waals surface area contributed by atoms with Crippen LogP contribution in [-0.4, -0.2) is 84.0 Å². The van der Waals surface area contributed by atoms with Crippen LogP contribution < -0.4 is 21.3 Å². The van der Waals surface area contributed by atoms with Gasteiger partial charge in [0, 0.05) is 24.6 Å². The molecule has 0 aromatic heterocycles. The highest BCUT2D eigenvalue weighted by molar-refractivity contribution is 5.99. The number of unbranched alkanes of at least 4 members (excludes halogenated alkanes) is 1. The number of hydrogen-bond donors (Lipinski definition) is 4. The van der Waals surface area contributed by atoms with Gasteiger partial charge in [0.05, 0.1) is 12.2 Å². The van der Waals surface area contributed by atoms with E-state index in [9.17, 15) is 28.8 Å². The van der Waals surface area contributed by atoms with Gasteiger partial charge in [0.15, 0.2) is 0 Å². The molecule has 5 amide bonds. The summed E-state index contributed by atoms with van der Waals surface area (Å²) in [4.78, 5) is 82.6. The van der Waals surface area contributed by atoms with Crippen molar-refractivity contribution < 1.29 is 38.2 Å². The van der Waals surface area contributed by atoms with E-state index in [1.807, 2.05) is 30.3 Å². The third-order valence-corrected chi connectivity index (χ3v) is 11.8. The highest BCUT2D eigenvalue weighted by atomic mass is 16.5. The molecule has 0 radical (unpaired) electrons. The van der Waals surface area contributed by atoms with Crippen molar-refractivity contribution in [3.05, 3.63) is 125 Å². The number of esters is 1. The molecule has 2 aliphatic heterocycles. The molecule has 7 rings (SSSR count). The van der Waals surface area contributed by atoms with E-state index in [0.717, 1.165) is 22.3 Å². The zero-order chi connectivity index (χ0) is 42.2. The number of benzene rings is 4. The van der Waals surface area contributed by atoms with Crippen molar-refractivity contribution in [1.82, 2.24) is 20.9 Å². The van der Waals surface area contributed by atoms with E-state index in [-0.39, 0.29) is 38.4 Å². The van der Waals surface area contributed by atoms with Gasteiger partial charge in [-0.15, -0.1) is 0 Å². The predicted octanol–water partition coefficient (Wildman–Crippen LogP) is 5.88. The number of ether oxygens (including phenoxy) is 2. The number of carbonyl (C=O) groups is 6. The number of amides is 5. The van der Waals surface area contributed by atoms with Crippen LogP contribution in [0, 0.1) is 0 Å². The lowest BCUT2D eigenvalue weighted by atomic mass is 9.94. The van der Waals surface area contributed by atoms with E-state index in [0.29, 0.717) is 49.0 Å². The van der Waals surface area contributed by atoms with Crippen molar-refractivity contribution in [2.45, 2.75) is 88.4 Å². The van der Waals surface area contributed by atoms with Gasteiger partial charge in [0.1, 0.15) is 30.3 Å². The Kier molecular flexibility index (Phi) is 12.9. The summed E-state index contributed by atoms with van der Waals surface area (Å²) in [5.74, 6) is -2.41. The van der Waals surface area contributed by atoms with Crippen molar-refractivity contribution in [1.29, 1.82) is 0 Å². The molecule has 0 unspecified atom stereocenters. The molecular weight excluding hydrogens is 763 g/mol. The van der Waals surface area contributed by atoms with Gasteiger partial charge in [-0.05, 0) is 97.5 Å². The van der Waals surface area contributed by atoms with Crippen molar-refractivity contribution >= 4 is 41.4 Å². The van der Waals surface area contributed by atoms with Crippen LogP contribution in [0.15, 0.2) is 103 Å². The Morgan fingerprint density at radius 3 is 2.13 bits per heavy atom. The van der Waals surface area contributed by atoms with Gasteiger partial charge in [-0.2, -0.15) is 0 Å². The topological polar surface area (TPSA) is 172 Å². The van der Waals surface area contributed by atoms with Gasteiger partial charge in [-0.3, -0.25) is 24.5 Å². The highest BCUT2D eigenvalue weighted by Gasteiger charge is 2.43. The Balaban J connectivity index is 0.979. The summed E-state index contributed by atoms with van der Waals surface area (Å²) in [6.07, 6.45) is 1.84. The standard InChI is InChI=1S/C47H51N5O8/c1-3-47(2)45(57)50-39(28-30-22-24-32(25-23-30)48-46(58)60-29-37-35-18-9-7-16-33(35)34-17-8-10-19-36(34)37)43(55)52-26-13-21-40(52)42(54)49-38(41(53)51-47)20-11-12-27-59-44(56)31-14-5-4-6-15-31/h4-10,14-19,22-25,37-40H,3,11-13,20-21,26-29H2,1-2H3,(H,48,58)(H,49,54)(H,50,57)(H,51,53)/t38-,39-,40+,47-/m0/s1. The van der Waals surface area contributed by atoms with E-state index in [1.54, 1.807) is 62.4 Å². The van der Waals surface area contributed by atoms with Crippen LogP contribution in [0.2, 0.25) is 0 Å². The maximum atomic E-state index is 14.3. The molecule has 4 atom stereocenters. The summed E-state index contributed by atoms with van der Waals surface area (Å²) >= 11 is 0. The van der Waals surface area contributed by atoms with Crippen LogP contribution in [0.3, 0.4) is 0 Å². The Morgan fingerprint density at radius 1 is 0.783 bits per heavy atom. The van der Waals surface area contributed by atoms with Crippen LogP contribution in [-0.2, 0) is 35.1 Å². The molecular formula is C47H51N5O8. The largest absolute Gasteiger partial charge is 0.462 e. The first-order valence-electron chi connectivity index (χ1n) is 20.7. The average Bonchev–Trinajstić information content (AvgIpc) is 3.89. The van der Waals surface area contributed by atoms with Crippen molar-refractivity contribution in [2.24, 2.45) is 0 Å². The molecule has 0 bridgehead atoms. The molecule has 1 aliphatic carbocycles. The molecule has 4 aromatic carbocycles. The van der Waals surface area contributed by atoms with Crippen LogP contribution in [0.5, 0.6) is 0 Å². The van der Waals surface area contributed by atoms with E-state index < -0.39 is 59.4 Å². The van der Waals surface area contributed by atoms with Crippen molar-refractivity contribution in [3.8, 4) is 11.1 Å². The Bertz CT molecular complexity index is 2180. The summed E-state index contributed by atoms with van der Waals surface area (Å²) in [6.45, 7) is 3.98. The molecule has 312 valence electrons. The Morgan fingerprint density at radius 2 is 1.45 bits per heavy atom. The minimum absolute atomic E-state index is 0.0788. The first-order chi connectivity index (χ1) is 29.0. The summed E-state index contributed by atoms with van der Waals surface area (Å²) in [5, 5.41) is 11.4. The van der Waals surface area contributed by atoms with E-state index >= 15 is 0 Å². The lowest BCUT2D eigenvalue weighted by molar-refractivity contribution is -0.144. The molecule has 13 nitrogen and oxygen atoms in total. The number of fused-ring (bicyclic) bond motifs is 4. The number of nitrogens with one attached hydrogen (secondary N) is 4. The first kappa shape index (κ1) is 41.7. The second kappa shape index (κ2) is 18.6. The smallest absolute Gasteiger partial charge is 0.411 e. The lowest BCUT2D eigenvalue weighted by Gasteiger charge is -2.36. The number of hydrogen-bond acceptors (Lipinski definition) is 8. The van der Waals surface area contributed by atoms with Gasteiger partial charge >= 0.3 is 12.1 Å². The fraction of sp³-hybridized carbons (Fsp3) is 0.362. The molecule has 2 fully saturated rings. The number of anilines is 1. The van der Waals surface area contributed by atoms with E-state index in [1.165, 1.54) is 4.90 Å². The minimum Gasteiger partial charge on any atom is -0.462 e. The van der Waals surface area contributed by atoms with Gasteiger partial charge < -0.3 is 30.3 Å². The summed E-state index contributed by atoms with van der Waals surface area (Å²) in [6, 6.07) is 29.0. The van der Waals surface area contributed by atoms with Crippen LogP contribution >= 0.6 is 0 Å². The van der Waals surface area contributed by atoms with E-state index in [4.69, 9.17) is 9.47 Å². The maximum Gasteiger partial charge on any atom is 0.411 e. The van der Waals surface area contributed by atoms with Crippen LogP contribution in [0.4, 0.5) is 10.5 Å². The molecule has 2 saturated heterocycles. The molecule has 4 aromatic rings. The second-order valence-electron chi connectivity index (χ2n) is 15.8. The molecule has 4 N–H and O–H groups in total. The Hall–Kier alpha value is -6.50. The summed E-state index contributed by atoms with van der Waals surface area (Å²) in [5.41, 5.74) is 4.74. The molecule has 60 heavy (non-hydrogen) atoms. The minimum atomic E-state index is -1.40. The van der Waals surface area contributed by atoms with Crippen molar-refractivity contribution in [2.75, 3.05) is 25.1 Å². The van der Waals surface area contributed by atoms with Gasteiger partial charge in [-0.25, -0.2) is 9.59 Å². The third-order valence-electron chi connectivity index (χ3n) is 11.8. The monoisotopic (exact) mass is 813 g/mol. The summed E-state index contributed by atoms with van der Waals surface area (Å²) < 4.78 is 11.1. The number of nitrogens with zero attached hydrogens (tertiary/aromatic N) is 1. The molecule has 0 spiro atoms. The molecule has 13 heteroatoms. The Labute approximate surface area is 349 Å². The van der Waals surface area contributed by atoms with Crippen LogP contribution in [0.1, 0.15) is 85.3 Å². The maximum absolute atomic E-state index is 14.3. The van der Waals surface area contributed by atoms with E-state index in [2.05, 4.69) is 45.5 Å². The van der Waals surface area contributed by atoms with Gasteiger partial charge in [-0.1, -0.05) is 85.8 Å². The molecule has 2 heterocycles. The fourth-order valence-electron chi connectivity index (χ4n) is 8.21. The predicted molar refractivity (Wildman–Crippen MR) is 225 cm³/mol. The van der Waals surface area contributed by atoms with Crippen LogP contribution in [0.25, 0.3) is 11.1 Å². The molecule has 3 aliphatic rings. The van der Waals surface area contributed by atoms with Crippen molar-refractivity contribution in [3.63, 3.8) is 0 Å².